The lowest BCUT2D eigenvalue weighted by atomic mass is 10.2. The lowest BCUT2D eigenvalue weighted by Gasteiger charge is -2.09. The van der Waals surface area contributed by atoms with Crippen LogP contribution in [0, 0.1) is 0 Å². The third-order valence-electron chi connectivity index (χ3n) is 3.51. The number of anilines is 2. The molecule has 6 heteroatoms. The van der Waals surface area contributed by atoms with E-state index in [0.717, 1.165) is 22.8 Å². The molecule has 0 bridgehead atoms. The van der Waals surface area contributed by atoms with Crippen molar-refractivity contribution >= 4 is 17.3 Å². The zero-order valence-electron chi connectivity index (χ0n) is 13.8. The predicted molar refractivity (Wildman–Crippen MR) is 95.9 cm³/mol. The van der Waals surface area contributed by atoms with Crippen LogP contribution in [0.5, 0.6) is 5.75 Å². The summed E-state index contributed by atoms with van der Waals surface area (Å²) in [4.78, 5) is 20.6. The standard InChI is InChI=1S/C19H18N4O2/c1-25-17-7-4-6-14(11-17)23-15-8-10-21-18(12-15)19(24)22-13-16-5-2-3-9-20-16/h2-12H,13H2,1H3,(H,21,23)(H,22,24). The minimum Gasteiger partial charge on any atom is -0.497 e. The molecule has 0 radical (unpaired) electrons. The van der Waals surface area contributed by atoms with Gasteiger partial charge >= 0.3 is 0 Å². The maximum absolute atomic E-state index is 12.3. The number of carbonyl (C=O) groups is 1. The molecule has 1 aromatic carbocycles. The number of hydrogen-bond acceptors (Lipinski definition) is 5. The Balaban J connectivity index is 1.67. The number of benzene rings is 1. The third-order valence-corrected chi connectivity index (χ3v) is 3.51. The second-order valence-electron chi connectivity index (χ2n) is 5.29. The molecule has 0 aliphatic heterocycles. The monoisotopic (exact) mass is 334 g/mol. The number of nitrogens with one attached hydrogen (secondary N) is 2. The molecule has 25 heavy (non-hydrogen) atoms. The summed E-state index contributed by atoms with van der Waals surface area (Å²) in [5, 5.41) is 6.05. The Morgan fingerprint density at radius 2 is 1.88 bits per heavy atom. The number of hydrogen-bond donors (Lipinski definition) is 2. The molecule has 0 spiro atoms. The Bertz CT molecular complexity index is 853. The van der Waals surface area contributed by atoms with E-state index in [2.05, 4.69) is 20.6 Å². The molecule has 2 aromatic heterocycles. The molecule has 3 aromatic rings. The zero-order valence-corrected chi connectivity index (χ0v) is 13.8. The molecule has 3 rings (SSSR count). The van der Waals surface area contributed by atoms with Crippen LogP contribution >= 0.6 is 0 Å². The van der Waals surface area contributed by atoms with Gasteiger partial charge in [0.05, 0.1) is 19.3 Å². The molecule has 0 atom stereocenters. The van der Waals surface area contributed by atoms with Crippen LogP contribution in [-0.4, -0.2) is 23.0 Å². The number of methoxy groups -OCH3 is 1. The lowest BCUT2D eigenvalue weighted by molar-refractivity contribution is 0.0945. The van der Waals surface area contributed by atoms with E-state index in [-0.39, 0.29) is 5.91 Å². The summed E-state index contributed by atoms with van der Waals surface area (Å²) in [5.74, 6) is 0.507. The van der Waals surface area contributed by atoms with E-state index in [1.807, 2.05) is 42.5 Å². The van der Waals surface area contributed by atoms with Gasteiger partial charge < -0.3 is 15.4 Å². The highest BCUT2D eigenvalue weighted by Gasteiger charge is 2.08. The second-order valence-corrected chi connectivity index (χ2v) is 5.29. The first-order valence-electron chi connectivity index (χ1n) is 7.80. The first kappa shape index (κ1) is 16.4. The number of carbonyl (C=O) groups excluding carboxylic acids is 1. The van der Waals surface area contributed by atoms with Gasteiger partial charge in [0.25, 0.3) is 5.91 Å². The van der Waals surface area contributed by atoms with Crippen LogP contribution in [0.3, 0.4) is 0 Å². The van der Waals surface area contributed by atoms with Crippen molar-refractivity contribution in [2.24, 2.45) is 0 Å². The van der Waals surface area contributed by atoms with Gasteiger partial charge in [-0.05, 0) is 36.4 Å². The van der Waals surface area contributed by atoms with Gasteiger partial charge in [-0.15, -0.1) is 0 Å². The Kier molecular flexibility index (Phi) is 5.21. The fourth-order valence-electron chi connectivity index (χ4n) is 2.26. The van der Waals surface area contributed by atoms with Crippen LogP contribution in [0.15, 0.2) is 67.0 Å². The number of rotatable bonds is 6. The van der Waals surface area contributed by atoms with E-state index >= 15 is 0 Å². The molecular formula is C19H18N4O2. The molecule has 6 nitrogen and oxygen atoms in total. The first-order valence-corrected chi connectivity index (χ1v) is 7.80. The summed E-state index contributed by atoms with van der Waals surface area (Å²) in [6, 6.07) is 16.6. The van der Waals surface area contributed by atoms with E-state index in [1.54, 1.807) is 31.6 Å². The van der Waals surface area contributed by atoms with Gasteiger partial charge in [0.2, 0.25) is 0 Å². The lowest BCUT2D eigenvalue weighted by Crippen LogP contribution is -2.24. The number of amides is 1. The molecule has 0 fully saturated rings. The average molecular weight is 334 g/mol. The van der Waals surface area contributed by atoms with Crippen molar-refractivity contribution in [1.29, 1.82) is 0 Å². The van der Waals surface area contributed by atoms with Crippen molar-refractivity contribution in [2.45, 2.75) is 6.54 Å². The summed E-state index contributed by atoms with van der Waals surface area (Å²) in [6.45, 7) is 0.356. The summed E-state index contributed by atoms with van der Waals surface area (Å²) in [7, 11) is 1.62. The molecule has 2 heterocycles. The van der Waals surface area contributed by atoms with Gasteiger partial charge in [0.15, 0.2) is 0 Å². The topological polar surface area (TPSA) is 76.1 Å². The quantitative estimate of drug-likeness (QED) is 0.724. The Labute approximate surface area is 145 Å². The van der Waals surface area contributed by atoms with Crippen molar-refractivity contribution in [2.75, 3.05) is 12.4 Å². The van der Waals surface area contributed by atoms with E-state index < -0.39 is 0 Å². The van der Waals surface area contributed by atoms with Gasteiger partial charge in [-0.25, -0.2) is 0 Å². The van der Waals surface area contributed by atoms with Crippen molar-refractivity contribution in [3.05, 3.63) is 78.4 Å². The first-order chi connectivity index (χ1) is 12.2. The maximum Gasteiger partial charge on any atom is 0.270 e. The Hall–Kier alpha value is -3.41. The third kappa shape index (κ3) is 4.54. The number of ether oxygens (including phenoxy) is 1. The van der Waals surface area contributed by atoms with Crippen molar-refractivity contribution < 1.29 is 9.53 Å². The van der Waals surface area contributed by atoms with Crippen molar-refractivity contribution in [1.82, 2.24) is 15.3 Å². The molecule has 0 aliphatic rings. The summed E-state index contributed by atoms with van der Waals surface area (Å²) in [6.07, 6.45) is 3.29. The summed E-state index contributed by atoms with van der Waals surface area (Å²) in [5.41, 5.74) is 2.77. The fourth-order valence-corrected chi connectivity index (χ4v) is 2.26. The molecule has 0 saturated heterocycles. The van der Waals surface area contributed by atoms with E-state index in [1.165, 1.54) is 0 Å². The SMILES string of the molecule is COc1cccc(Nc2ccnc(C(=O)NCc3ccccn3)c2)c1. The highest BCUT2D eigenvalue weighted by atomic mass is 16.5. The molecule has 0 saturated carbocycles. The zero-order chi connectivity index (χ0) is 17.5. The van der Waals surface area contributed by atoms with Gasteiger partial charge in [0, 0.05) is 29.8 Å². The summed E-state index contributed by atoms with van der Waals surface area (Å²) < 4.78 is 5.21. The highest BCUT2D eigenvalue weighted by molar-refractivity contribution is 5.93. The minimum atomic E-state index is -0.250. The molecular weight excluding hydrogens is 316 g/mol. The smallest absolute Gasteiger partial charge is 0.270 e. The van der Waals surface area contributed by atoms with E-state index in [9.17, 15) is 4.79 Å². The Morgan fingerprint density at radius 1 is 1.00 bits per heavy atom. The molecule has 0 aliphatic carbocycles. The largest absolute Gasteiger partial charge is 0.497 e. The normalized spacial score (nSPS) is 10.1. The van der Waals surface area contributed by atoms with Crippen LogP contribution in [0.4, 0.5) is 11.4 Å². The van der Waals surface area contributed by atoms with Crippen LogP contribution < -0.4 is 15.4 Å². The number of nitrogens with zero attached hydrogens (tertiary/aromatic N) is 2. The predicted octanol–water partition coefficient (Wildman–Crippen LogP) is 3.16. The van der Waals surface area contributed by atoms with Gasteiger partial charge in [-0.1, -0.05) is 12.1 Å². The molecule has 0 unspecified atom stereocenters. The fraction of sp³-hybridized carbons (Fsp3) is 0.105. The average Bonchev–Trinajstić information content (AvgIpc) is 2.67. The van der Waals surface area contributed by atoms with Crippen LogP contribution in [0.2, 0.25) is 0 Å². The van der Waals surface area contributed by atoms with Crippen molar-refractivity contribution in [3.63, 3.8) is 0 Å². The maximum atomic E-state index is 12.3. The Morgan fingerprint density at radius 3 is 2.68 bits per heavy atom. The molecule has 126 valence electrons. The van der Waals surface area contributed by atoms with Gasteiger partial charge in [-0.2, -0.15) is 0 Å². The minimum absolute atomic E-state index is 0.250. The van der Waals surface area contributed by atoms with E-state index in [0.29, 0.717) is 12.2 Å². The highest BCUT2D eigenvalue weighted by Crippen LogP contribution is 2.21. The van der Waals surface area contributed by atoms with E-state index in [4.69, 9.17) is 4.74 Å². The molecule has 1 amide bonds. The van der Waals surface area contributed by atoms with Crippen LogP contribution in [0.25, 0.3) is 0 Å². The second kappa shape index (κ2) is 7.92. The van der Waals surface area contributed by atoms with Crippen LogP contribution in [-0.2, 0) is 6.54 Å². The van der Waals surface area contributed by atoms with Crippen molar-refractivity contribution in [3.8, 4) is 5.75 Å². The number of pyridine rings is 2. The molecule has 2 N–H and O–H groups in total. The van der Waals surface area contributed by atoms with Gasteiger partial charge in [-0.3, -0.25) is 14.8 Å². The van der Waals surface area contributed by atoms with Gasteiger partial charge in [0.1, 0.15) is 11.4 Å². The summed E-state index contributed by atoms with van der Waals surface area (Å²) >= 11 is 0. The number of aromatic nitrogens is 2. The van der Waals surface area contributed by atoms with Crippen LogP contribution in [0.1, 0.15) is 16.2 Å².